The standard InChI is InChI=1S/C11H15N5OS/c1-16-6-8(5-14-16)2-3-13-11(17)9-7-18-10(4-12)15-9/h5-7H,2-4,12H2,1H3,(H,13,17). The number of carbonyl (C=O) groups excluding carboxylic acids is 1. The predicted molar refractivity (Wildman–Crippen MR) is 69.3 cm³/mol. The SMILES string of the molecule is Cn1cc(CCNC(=O)c2csc(CN)n2)cn1. The minimum Gasteiger partial charge on any atom is -0.350 e. The molecule has 96 valence electrons. The number of nitrogens with two attached hydrogens (primary N) is 1. The second-order valence-corrected chi connectivity index (χ2v) is 4.80. The van der Waals surface area contributed by atoms with Crippen molar-refractivity contribution in [2.45, 2.75) is 13.0 Å². The summed E-state index contributed by atoms with van der Waals surface area (Å²) in [6.07, 6.45) is 4.48. The van der Waals surface area contributed by atoms with E-state index in [1.807, 2.05) is 13.2 Å². The Morgan fingerprint density at radius 3 is 3.06 bits per heavy atom. The molecule has 1 amide bonds. The third-order valence-electron chi connectivity index (χ3n) is 2.42. The number of thiazole rings is 1. The van der Waals surface area contributed by atoms with Gasteiger partial charge in [0.15, 0.2) is 0 Å². The lowest BCUT2D eigenvalue weighted by Gasteiger charge is -2.01. The smallest absolute Gasteiger partial charge is 0.270 e. The van der Waals surface area contributed by atoms with E-state index in [0.717, 1.165) is 17.0 Å². The van der Waals surface area contributed by atoms with Crippen molar-refractivity contribution in [1.29, 1.82) is 0 Å². The summed E-state index contributed by atoms with van der Waals surface area (Å²) in [4.78, 5) is 15.9. The van der Waals surface area contributed by atoms with E-state index in [1.165, 1.54) is 11.3 Å². The van der Waals surface area contributed by atoms with E-state index in [9.17, 15) is 4.79 Å². The van der Waals surface area contributed by atoms with Gasteiger partial charge in [0.25, 0.3) is 5.91 Å². The van der Waals surface area contributed by atoms with Crippen molar-refractivity contribution in [3.05, 3.63) is 34.0 Å². The fraction of sp³-hybridized carbons (Fsp3) is 0.364. The maximum absolute atomic E-state index is 11.7. The number of nitrogens with one attached hydrogen (secondary N) is 1. The Labute approximate surface area is 109 Å². The molecule has 0 fully saturated rings. The Balaban J connectivity index is 1.81. The Morgan fingerprint density at radius 1 is 1.61 bits per heavy atom. The van der Waals surface area contributed by atoms with Crippen LogP contribution >= 0.6 is 11.3 Å². The summed E-state index contributed by atoms with van der Waals surface area (Å²) in [5.74, 6) is -0.158. The van der Waals surface area contributed by atoms with E-state index in [2.05, 4.69) is 15.4 Å². The predicted octanol–water partition coefficient (Wildman–Crippen LogP) is 0.308. The number of amides is 1. The average molecular weight is 265 g/mol. The lowest BCUT2D eigenvalue weighted by atomic mass is 10.2. The van der Waals surface area contributed by atoms with Crippen LogP contribution in [-0.4, -0.2) is 27.2 Å². The highest BCUT2D eigenvalue weighted by molar-refractivity contribution is 7.09. The van der Waals surface area contributed by atoms with Gasteiger partial charge < -0.3 is 11.1 Å². The maximum atomic E-state index is 11.7. The molecular formula is C11H15N5OS. The van der Waals surface area contributed by atoms with Crippen LogP contribution in [0.5, 0.6) is 0 Å². The summed E-state index contributed by atoms with van der Waals surface area (Å²) in [7, 11) is 1.87. The van der Waals surface area contributed by atoms with Gasteiger partial charge in [-0.25, -0.2) is 4.98 Å². The molecule has 0 saturated heterocycles. The number of nitrogens with zero attached hydrogens (tertiary/aromatic N) is 3. The van der Waals surface area contributed by atoms with Crippen molar-refractivity contribution in [3.63, 3.8) is 0 Å². The molecule has 2 aromatic rings. The molecule has 0 radical (unpaired) electrons. The van der Waals surface area contributed by atoms with Gasteiger partial charge in [0, 0.05) is 31.7 Å². The molecule has 0 saturated carbocycles. The Kier molecular flexibility index (Phi) is 4.06. The number of aryl methyl sites for hydroxylation is 1. The second kappa shape index (κ2) is 5.74. The first-order chi connectivity index (χ1) is 8.69. The van der Waals surface area contributed by atoms with Crippen molar-refractivity contribution < 1.29 is 4.79 Å². The van der Waals surface area contributed by atoms with E-state index < -0.39 is 0 Å². The molecule has 0 bridgehead atoms. The fourth-order valence-corrected chi connectivity index (χ4v) is 2.18. The highest BCUT2D eigenvalue weighted by Crippen LogP contribution is 2.08. The van der Waals surface area contributed by atoms with Gasteiger partial charge >= 0.3 is 0 Å². The molecule has 7 heteroatoms. The molecule has 2 aromatic heterocycles. The number of rotatable bonds is 5. The van der Waals surface area contributed by atoms with E-state index in [4.69, 9.17) is 5.73 Å². The highest BCUT2D eigenvalue weighted by Gasteiger charge is 2.09. The fourth-order valence-electron chi connectivity index (χ4n) is 1.52. The van der Waals surface area contributed by atoms with Gasteiger partial charge in [0.2, 0.25) is 0 Å². The van der Waals surface area contributed by atoms with Crippen LogP contribution in [0.15, 0.2) is 17.8 Å². The van der Waals surface area contributed by atoms with Crippen LogP contribution in [0.25, 0.3) is 0 Å². The van der Waals surface area contributed by atoms with Crippen LogP contribution in [0.2, 0.25) is 0 Å². The molecule has 0 spiro atoms. The number of carbonyl (C=O) groups is 1. The van der Waals surface area contributed by atoms with Gasteiger partial charge in [0.05, 0.1) is 6.20 Å². The third-order valence-corrected chi connectivity index (χ3v) is 3.29. The van der Waals surface area contributed by atoms with Crippen LogP contribution in [0, 0.1) is 0 Å². The summed E-state index contributed by atoms with van der Waals surface area (Å²) in [5, 5.41) is 9.38. The average Bonchev–Trinajstić information content (AvgIpc) is 2.98. The lowest BCUT2D eigenvalue weighted by Crippen LogP contribution is -2.26. The first kappa shape index (κ1) is 12.7. The summed E-state index contributed by atoms with van der Waals surface area (Å²) < 4.78 is 1.74. The monoisotopic (exact) mass is 265 g/mol. The number of aromatic nitrogens is 3. The highest BCUT2D eigenvalue weighted by atomic mass is 32.1. The molecule has 0 aliphatic heterocycles. The van der Waals surface area contributed by atoms with Gasteiger partial charge in [-0.05, 0) is 12.0 Å². The number of hydrogen-bond acceptors (Lipinski definition) is 5. The molecule has 2 rings (SSSR count). The van der Waals surface area contributed by atoms with Gasteiger partial charge in [-0.2, -0.15) is 5.10 Å². The minimum absolute atomic E-state index is 0.158. The molecule has 0 aliphatic rings. The largest absolute Gasteiger partial charge is 0.350 e. The molecule has 0 unspecified atom stereocenters. The second-order valence-electron chi connectivity index (χ2n) is 3.86. The Bertz CT molecular complexity index is 533. The molecule has 2 heterocycles. The first-order valence-electron chi connectivity index (χ1n) is 5.59. The van der Waals surface area contributed by atoms with Crippen LogP contribution in [0.3, 0.4) is 0 Å². The normalized spacial score (nSPS) is 10.6. The summed E-state index contributed by atoms with van der Waals surface area (Å²) in [5.41, 5.74) is 6.98. The van der Waals surface area contributed by atoms with E-state index in [1.54, 1.807) is 16.3 Å². The van der Waals surface area contributed by atoms with Crippen LogP contribution in [0.1, 0.15) is 21.1 Å². The van der Waals surface area contributed by atoms with Crippen molar-refractivity contribution in [2.75, 3.05) is 6.54 Å². The topological polar surface area (TPSA) is 85.8 Å². The van der Waals surface area contributed by atoms with E-state index in [0.29, 0.717) is 18.8 Å². The van der Waals surface area contributed by atoms with E-state index >= 15 is 0 Å². The van der Waals surface area contributed by atoms with Crippen molar-refractivity contribution in [3.8, 4) is 0 Å². The molecule has 0 aromatic carbocycles. The quantitative estimate of drug-likeness (QED) is 0.814. The van der Waals surface area contributed by atoms with Gasteiger partial charge in [-0.3, -0.25) is 9.48 Å². The van der Waals surface area contributed by atoms with Gasteiger partial charge in [-0.15, -0.1) is 11.3 Å². The van der Waals surface area contributed by atoms with Gasteiger partial charge in [-0.1, -0.05) is 0 Å². The molecule has 6 nitrogen and oxygen atoms in total. The Morgan fingerprint density at radius 2 is 2.44 bits per heavy atom. The third kappa shape index (κ3) is 3.14. The van der Waals surface area contributed by atoms with Crippen LogP contribution in [-0.2, 0) is 20.0 Å². The van der Waals surface area contributed by atoms with Gasteiger partial charge in [0.1, 0.15) is 10.7 Å². The number of hydrogen-bond donors (Lipinski definition) is 2. The Hall–Kier alpha value is -1.73. The molecule has 0 atom stereocenters. The van der Waals surface area contributed by atoms with E-state index in [-0.39, 0.29) is 5.91 Å². The molecule has 18 heavy (non-hydrogen) atoms. The summed E-state index contributed by atoms with van der Waals surface area (Å²) >= 11 is 1.40. The van der Waals surface area contributed by atoms with Crippen molar-refractivity contribution in [2.24, 2.45) is 12.8 Å². The van der Waals surface area contributed by atoms with Crippen LogP contribution < -0.4 is 11.1 Å². The zero-order valence-corrected chi connectivity index (χ0v) is 10.9. The molecule has 0 aliphatic carbocycles. The van der Waals surface area contributed by atoms with Crippen molar-refractivity contribution >= 4 is 17.2 Å². The minimum atomic E-state index is -0.158. The zero-order chi connectivity index (χ0) is 13.0. The maximum Gasteiger partial charge on any atom is 0.270 e. The molecular weight excluding hydrogens is 250 g/mol. The zero-order valence-electron chi connectivity index (χ0n) is 10.1. The lowest BCUT2D eigenvalue weighted by molar-refractivity contribution is 0.0949. The first-order valence-corrected chi connectivity index (χ1v) is 6.47. The van der Waals surface area contributed by atoms with Crippen LogP contribution in [0.4, 0.5) is 0 Å². The summed E-state index contributed by atoms with van der Waals surface area (Å²) in [6.45, 7) is 0.938. The van der Waals surface area contributed by atoms with Crippen molar-refractivity contribution in [1.82, 2.24) is 20.1 Å². The molecule has 3 N–H and O–H groups in total. The summed E-state index contributed by atoms with van der Waals surface area (Å²) in [6, 6.07) is 0.